The third kappa shape index (κ3) is 5.49. The molecule has 1 amide bonds. The summed E-state index contributed by atoms with van der Waals surface area (Å²) in [6, 6.07) is 0. The van der Waals surface area contributed by atoms with E-state index in [-0.39, 0.29) is 17.6 Å². The Morgan fingerprint density at radius 2 is 2.09 bits per heavy atom. The molecule has 0 radical (unpaired) electrons. The van der Waals surface area contributed by atoms with Crippen molar-refractivity contribution in [1.29, 1.82) is 0 Å². The lowest BCUT2D eigenvalue weighted by atomic mass is 9.88. The molecule has 1 atom stereocenters. The van der Waals surface area contributed by atoms with Gasteiger partial charge in [0.05, 0.1) is 17.9 Å². The maximum atomic E-state index is 13.0. The largest absolute Gasteiger partial charge is 0.462 e. The molecule has 35 heavy (non-hydrogen) atoms. The molecule has 3 aromatic rings. The van der Waals surface area contributed by atoms with Gasteiger partial charge in [-0.05, 0) is 63.5 Å². The zero-order chi connectivity index (χ0) is 25.1. The van der Waals surface area contributed by atoms with Crippen molar-refractivity contribution in [2.45, 2.75) is 72.0 Å². The van der Waals surface area contributed by atoms with Crippen LogP contribution >= 0.6 is 34.4 Å². The second-order valence-corrected chi connectivity index (χ2v) is 12.0. The maximum Gasteiger partial charge on any atom is 0.341 e. The van der Waals surface area contributed by atoms with Crippen LogP contribution in [0.4, 0.5) is 5.00 Å². The summed E-state index contributed by atoms with van der Waals surface area (Å²) >= 11 is 4.59. The molecule has 10 heteroatoms. The molecule has 1 aliphatic carbocycles. The van der Waals surface area contributed by atoms with Crippen molar-refractivity contribution < 1.29 is 14.3 Å². The summed E-state index contributed by atoms with van der Waals surface area (Å²) in [5, 5.41) is 15.3. The van der Waals surface area contributed by atoms with E-state index in [0.717, 1.165) is 54.3 Å². The van der Waals surface area contributed by atoms with Crippen LogP contribution in [0.2, 0.25) is 0 Å². The fraction of sp³-hybridized carbons (Fsp3) is 0.520. The zero-order valence-electron chi connectivity index (χ0n) is 20.9. The van der Waals surface area contributed by atoms with Crippen molar-refractivity contribution >= 4 is 51.3 Å². The summed E-state index contributed by atoms with van der Waals surface area (Å²) in [5.41, 5.74) is 3.90. The number of hydrogen-bond donors (Lipinski definition) is 1. The van der Waals surface area contributed by atoms with E-state index >= 15 is 0 Å². The molecule has 0 fully saturated rings. The molecule has 3 heterocycles. The number of nitrogens with zero attached hydrogens (tertiary/aromatic N) is 3. The number of aryl methyl sites for hydroxylation is 1. The fourth-order valence-corrected chi connectivity index (χ4v) is 7.35. The normalized spacial score (nSPS) is 15.2. The number of thiophene rings is 2. The van der Waals surface area contributed by atoms with E-state index < -0.39 is 0 Å². The number of anilines is 1. The van der Waals surface area contributed by atoms with Crippen LogP contribution in [-0.4, -0.2) is 39.0 Å². The van der Waals surface area contributed by atoms with E-state index in [9.17, 15) is 9.59 Å². The van der Waals surface area contributed by atoms with Crippen molar-refractivity contribution in [2.24, 2.45) is 5.92 Å². The SMILES string of the molecule is CCCn1c(SCC(=O)Nc2sc3c(c2C(=O)OCC)CCC(C)C3)nnc1-c1csc(C)c1C. The molecule has 0 saturated heterocycles. The minimum Gasteiger partial charge on any atom is -0.462 e. The number of hydrogen-bond acceptors (Lipinski definition) is 8. The Morgan fingerprint density at radius 3 is 2.77 bits per heavy atom. The molecular formula is C25H32N4O3S3. The van der Waals surface area contributed by atoms with Gasteiger partial charge < -0.3 is 14.6 Å². The van der Waals surface area contributed by atoms with Crippen LogP contribution in [0, 0.1) is 19.8 Å². The van der Waals surface area contributed by atoms with Gasteiger partial charge in [0.15, 0.2) is 11.0 Å². The molecule has 1 aliphatic rings. The lowest BCUT2D eigenvalue weighted by molar-refractivity contribution is -0.113. The third-order valence-electron chi connectivity index (χ3n) is 6.27. The van der Waals surface area contributed by atoms with E-state index in [1.165, 1.54) is 38.4 Å². The van der Waals surface area contributed by atoms with Crippen molar-refractivity contribution in [2.75, 3.05) is 17.7 Å². The molecule has 1 N–H and O–H groups in total. The summed E-state index contributed by atoms with van der Waals surface area (Å²) in [6.07, 6.45) is 3.75. The number of carbonyl (C=O) groups is 2. The van der Waals surface area contributed by atoms with Crippen LogP contribution in [0.3, 0.4) is 0 Å². The molecule has 0 saturated carbocycles. The van der Waals surface area contributed by atoms with Gasteiger partial charge in [-0.2, -0.15) is 0 Å². The Morgan fingerprint density at radius 1 is 1.29 bits per heavy atom. The van der Waals surface area contributed by atoms with Gasteiger partial charge in [-0.1, -0.05) is 25.6 Å². The van der Waals surface area contributed by atoms with E-state index in [2.05, 4.69) is 53.2 Å². The number of amides is 1. The predicted octanol–water partition coefficient (Wildman–Crippen LogP) is 6.13. The monoisotopic (exact) mass is 532 g/mol. The summed E-state index contributed by atoms with van der Waals surface area (Å²) in [7, 11) is 0. The number of thioether (sulfide) groups is 1. The highest BCUT2D eigenvalue weighted by atomic mass is 32.2. The van der Waals surface area contributed by atoms with Crippen LogP contribution in [0.5, 0.6) is 0 Å². The van der Waals surface area contributed by atoms with E-state index in [4.69, 9.17) is 4.74 Å². The second kappa shape index (κ2) is 11.3. The first kappa shape index (κ1) is 25.9. The van der Waals surface area contributed by atoms with Gasteiger partial charge in [-0.15, -0.1) is 32.9 Å². The van der Waals surface area contributed by atoms with Gasteiger partial charge in [0.25, 0.3) is 0 Å². The summed E-state index contributed by atoms with van der Waals surface area (Å²) in [5.74, 6) is 1.09. The van der Waals surface area contributed by atoms with Gasteiger partial charge in [-0.25, -0.2) is 4.79 Å². The van der Waals surface area contributed by atoms with Gasteiger partial charge in [0.1, 0.15) is 5.00 Å². The molecule has 0 spiro atoms. The van der Waals surface area contributed by atoms with Crippen LogP contribution in [0.1, 0.15) is 64.9 Å². The molecule has 3 aromatic heterocycles. The molecule has 0 aliphatic heterocycles. The van der Waals surface area contributed by atoms with Crippen LogP contribution in [-0.2, 0) is 28.9 Å². The Kier molecular flexibility index (Phi) is 8.34. The summed E-state index contributed by atoms with van der Waals surface area (Å²) in [6.45, 7) is 11.4. The van der Waals surface area contributed by atoms with Crippen LogP contribution in [0.15, 0.2) is 10.5 Å². The first-order valence-corrected chi connectivity index (χ1v) is 14.7. The molecule has 0 bridgehead atoms. The Bertz CT molecular complexity index is 1230. The quantitative estimate of drug-likeness (QED) is 0.264. The first-order valence-electron chi connectivity index (χ1n) is 12.1. The van der Waals surface area contributed by atoms with Crippen LogP contribution < -0.4 is 5.32 Å². The average Bonchev–Trinajstić information content (AvgIpc) is 3.48. The summed E-state index contributed by atoms with van der Waals surface area (Å²) < 4.78 is 7.42. The first-order chi connectivity index (χ1) is 16.8. The van der Waals surface area contributed by atoms with Crippen molar-refractivity contribution in [3.8, 4) is 11.4 Å². The third-order valence-corrected chi connectivity index (χ3v) is 9.42. The molecule has 4 rings (SSSR count). The van der Waals surface area contributed by atoms with Crippen LogP contribution in [0.25, 0.3) is 11.4 Å². The highest BCUT2D eigenvalue weighted by molar-refractivity contribution is 7.99. The van der Waals surface area contributed by atoms with E-state index in [1.54, 1.807) is 18.3 Å². The average molecular weight is 533 g/mol. The van der Waals surface area contributed by atoms with Gasteiger partial charge >= 0.3 is 5.97 Å². The predicted molar refractivity (Wildman–Crippen MR) is 144 cm³/mol. The maximum absolute atomic E-state index is 13.0. The highest BCUT2D eigenvalue weighted by Gasteiger charge is 2.29. The van der Waals surface area contributed by atoms with Crippen molar-refractivity contribution in [3.63, 3.8) is 0 Å². The number of nitrogens with one attached hydrogen (secondary N) is 1. The smallest absolute Gasteiger partial charge is 0.341 e. The Hall–Kier alpha value is -2.17. The number of ether oxygens (including phenoxy) is 1. The Labute approximate surface area is 218 Å². The number of carbonyl (C=O) groups excluding carboxylic acids is 2. The second-order valence-electron chi connectivity index (χ2n) is 8.90. The molecule has 1 unspecified atom stereocenters. The highest BCUT2D eigenvalue weighted by Crippen LogP contribution is 2.40. The standard InChI is InChI=1S/C25H32N4O3S3/c1-6-10-29-22(18-12-33-16(5)15(18)4)27-28-25(29)34-13-20(30)26-23-21(24(31)32-7-2)17-9-8-14(3)11-19(17)35-23/h12,14H,6-11,13H2,1-5H3,(H,26,30). The molecule has 7 nitrogen and oxygen atoms in total. The van der Waals surface area contributed by atoms with Gasteiger partial charge in [0, 0.05) is 27.2 Å². The topological polar surface area (TPSA) is 86.1 Å². The van der Waals surface area contributed by atoms with Crippen molar-refractivity contribution in [3.05, 3.63) is 31.8 Å². The minimum absolute atomic E-state index is 0.164. The minimum atomic E-state index is -0.351. The van der Waals surface area contributed by atoms with Gasteiger partial charge in [0.2, 0.25) is 5.91 Å². The lowest BCUT2D eigenvalue weighted by Gasteiger charge is -2.18. The molecular weight excluding hydrogens is 501 g/mol. The number of esters is 1. The zero-order valence-corrected chi connectivity index (χ0v) is 23.3. The number of fused-ring (bicyclic) bond motifs is 1. The van der Waals surface area contributed by atoms with Crippen molar-refractivity contribution in [1.82, 2.24) is 14.8 Å². The van der Waals surface area contributed by atoms with E-state index in [0.29, 0.717) is 23.1 Å². The van der Waals surface area contributed by atoms with E-state index in [1.807, 2.05) is 0 Å². The Balaban J connectivity index is 1.51. The lowest BCUT2D eigenvalue weighted by Crippen LogP contribution is -2.18. The fourth-order valence-electron chi connectivity index (χ4n) is 4.30. The number of rotatable bonds is 9. The summed E-state index contributed by atoms with van der Waals surface area (Å²) in [4.78, 5) is 28.1. The molecule has 188 valence electrons. The van der Waals surface area contributed by atoms with Gasteiger partial charge in [-0.3, -0.25) is 4.79 Å². The molecule has 0 aromatic carbocycles. The number of aromatic nitrogens is 3.